The molecule has 0 bridgehead atoms. The summed E-state index contributed by atoms with van der Waals surface area (Å²) < 4.78 is 5.21. The quantitative estimate of drug-likeness (QED) is 0.502. The molecule has 0 saturated carbocycles. The van der Waals surface area contributed by atoms with Crippen LogP contribution in [-0.2, 0) is 9.57 Å². The van der Waals surface area contributed by atoms with Gasteiger partial charge in [0.15, 0.2) is 0 Å². The molecule has 2 heterocycles. The average molecular weight is 129 g/mol. The third-order valence-electron chi connectivity index (χ3n) is 2.09. The lowest BCUT2D eigenvalue weighted by molar-refractivity contribution is -0.188. The molecule has 52 valence electrons. The minimum Gasteiger partial charge on any atom is -0.381 e. The molecule has 0 unspecified atom stereocenters. The normalized spacial score (nSPS) is 32.0. The molecule has 0 aliphatic carbocycles. The Morgan fingerprint density at radius 3 is 2.22 bits per heavy atom. The Kier molecular flexibility index (Phi) is 1.22. The van der Waals surface area contributed by atoms with Gasteiger partial charge in [0.2, 0.25) is 0 Å². The fourth-order valence-electron chi connectivity index (χ4n) is 1.28. The summed E-state index contributed by atoms with van der Waals surface area (Å²) in [6.45, 7) is 2.64. The van der Waals surface area contributed by atoms with E-state index in [2.05, 4.69) is 5.48 Å². The Bertz CT molecular complexity index is 104. The highest BCUT2D eigenvalue weighted by atomic mass is 16.7. The van der Waals surface area contributed by atoms with Crippen LogP contribution in [0.2, 0.25) is 0 Å². The molecule has 0 atom stereocenters. The number of nitrogens with one attached hydrogen (secondary N) is 1. The zero-order valence-corrected chi connectivity index (χ0v) is 5.35. The molecule has 0 aromatic carbocycles. The third kappa shape index (κ3) is 0.852. The number of hydrogen-bond acceptors (Lipinski definition) is 3. The topological polar surface area (TPSA) is 30.5 Å². The molecule has 0 aromatic rings. The van der Waals surface area contributed by atoms with Crippen LogP contribution in [0.25, 0.3) is 0 Å². The van der Waals surface area contributed by atoms with Crippen molar-refractivity contribution in [2.75, 3.05) is 19.8 Å². The van der Waals surface area contributed by atoms with Gasteiger partial charge in [-0.2, -0.15) is 5.48 Å². The van der Waals surface area contributed by atoms with E-state index in [4.69, 9.17) is 9.57 Å². The van der Waals surface area contributed by atoms with Crippen molar-refractivity contribution in [2.24, 2.45) is 0 Å². The summed E-state index contributed by atoms with van der Waals surface area (Å²) in [6, 6.07) is 0. The van der Waals surface area contributed by atoms with Gasteiger partial charge in [-0.1, -0.05) is 0 Å². The fourth-order valence-corrected chi connectivity index (χ4v) is 1.28. The number of rotatable bonds is 0. The molecular weight excluding hydrogens is 118 g/mol. The van der Waals surface area contributed by atoms with Crippen molar-refractivity contribution in [1.82, 2.24) is 5.48 Å². The standard InChI is InChI=1S/C6H11NO2/c1-3-8-4-2-6(1)5-9-7-6/h7H,1-5H2. The van der Waals surface area contributed by atoms with Crippen LogP contribution in [0.4, 0.5) is 0 Å². The zero-order chi connectivity index (χ0) is 6.16. The molecule has 3 nitrogen and oxygen atoms in total. The maximum Gasteiger partial charge on any atom is 0.0888 e. The first kappa shape index (κ1) is 5.65. The lowest BCUT2D eigenvalue weighted by Crippen LogP contribution is -2.62. The predicted molar refractivity (Wildman–Crippen MR) is 31.9 cm³/mol. The Hall–Kier alpha value is -0.120. The maximum atomic E-state index is 5.21. The van der Waals surface area contributed by atoms with Crippen molar-refractivity contribution in [1.29, 1.82) is 0 Å². The van der Waals surface area contributed by atoms with E-state index in [0.717, 1.165) is 32.7 Å². The highest BCUT2D eigenvalue weighted by molar-refractivity contribution is 4.91. The number of hydroxylamine groups is 1. The van der Waals surface area contributed by atoms with E-state index in [1.807, 2.05) is 0 Å². The van der Waals surface area contributed by atoms with Gasteiger partial charge in [0.05, 0.1) is 12.1 Å². The molecule has 2 rings (SSSR count). The van der Waals surface area contributed by atoms with Crippen LogP contribution in [0.1, 0.15) is 12.8 Å². The monoisotopic (exact) mass is 129 g/mol. The van der Waals surface area contributed by atoms with Crippen LogP contribution in [0.3, 0.4) is 0 Å². The van der Waals surface area contributed by atoms with Crippen molar-refractivity contribution < 1.29 is 9.57 Å². The lowest BCUT2D eigenvalue weighted by atomic mass is 9.90. The summed E-state index contributed by atoms with van der Waals surface area (Å²) in [7, 11) is 0. The molecular formula is C6H11NO2. The lowest BCUT2D eigenvalue weighted by Gasteiger charge is -2.44. The molecule has 3 heteroatoms. The van der Waals surface area contributed by atoms with Crippen LogP contribution in [-0.4, -0.2) is 25.4 Å². The summed E-state index contributed by atoms with van der Waals surface area (Å²) in [6.07, 6.45) is 2.21. The van der Waals surface area contributed by atoms with Crippen molar-refractivity contribution in [3.8, 4) is 0 Å². The van der Waals surface area contributed by atoms with Crippen LogP contribution >= 0.6 is 0 Å². The number of hydrogen-bond donors (Lipinski definition) is 1. The number of ether oxygens (including phenoxy) is 1. The second kappa shape index (κ2) is 1.94. The maximum absolute atomic E-state index is 5.21. The Morgan fingerprint density at radius 2 is 1.89 bits per heavy atom. The van der Waals surface area contributed by atoms with Gasteiger partial charge in [0, 0.05) is 13.2 Å². The summed E-state index contributed by atoms with van der Waals surface area (Å²) in [4.78, 5) is 4.91. The molecule has 0 aromatic heterocycles. The summed E-state index contributed by atoms with van der Waals surface area (Å²) in [5.41, 5.74) is 3.28. The van der Waals surface area contributed by atoms with E-state index >= 15 is 0 Å². The first-order valence-electron chi connectivity index (χ1n) is 3.38. The highest BCUT2D eigenvalue weighted by Gasteiger charge is 2.39. The zero-order valence-electron chi connectivity index (χ0n) is 5.35. The summed E-state index contributed by atoms with van der Waals surface area (Å²) in [5.74, 6) is 0. The molecule has 9 heavy (non-hydrogen) atoms. The van der Waals surface area contributed by atoms with Crippen molar-refractivity contribution in [3.05, 3.63) is 0 Å². The Balaban J connectivity index is 1.93. The van der Waals surface area contributed by atoms with Crippen LogP contribution in [0.5, 0.6) is 0 Å². The van der Waals surface area contributed by atoms with Crippen LogP contribution in [0.15, 0.2) is 0 Å². The first-order chi connectivity index (χ1) is 4.41. The third-order valence-corrected chi connectivity index (χ3v) is 2.09. The highest BCUT2D eigenvalue weighted by Crippen LogP contribution is 2.25. The predicted octanol–water partition coefficient (Wildman–Crippen LogP) is 0.0704. The minimum atomic E-state index is 0.304. The SMILES string of the molecule is C1CC2(CCO1)CON2. The molecule has 2 saturated heterocycles. The molecule has 0 radical (unpaired) electrons. The molecule has 2 fully saturated rings. The van der Waals surface area contributed by atoms with Crippen LogP contribution in [0, 0.1) is 0 Å². The van der Waals surface area contributed by atoms with E-state index in [1.54, 1.807) is 0 Å². The molecule has 2 aliphatic rings. The molecule has 1 spiro atoms. The minimum absolute atomic E-state index is 0.304. The van der Waals surface area contributed by atoms with Gasteiger partial charge in [-0.3, -0.25) is 4.84 Å². The van der Waals surface area contributed by atoms with Gasteiger partial charge >= 0.3 is 0 Å². The molecule has 2 aliphatic heterocycles. The fraction of sp³-hybridized carbons (Fsp3) is 1.00. The van der Waals surface area contributed by atoms with Gasteiger partial charge in [0.25, 0.3) is 0 Å². The van der Waals surface area contributed by atoms with E-state index in [9.17, 15) is 0 Å². The van der Waals surface area contributed by atoms with E-state index < -0.39 is 0 Å². The Labute approximate surface area is 54.3 Å². The van der Waals surface area contributed by atoms with Gasteiger partial charge in [-0.25, -0.2) is 0 Å². The smallest absolute Gasteiger partial charge is 0.0888 e. The second-order valence-corrected chi connectivity index (χ2v) is 2.78. The van der Waals surface area contributed by atoms with E-state index in [1.165, 1.54) is 0 Å². The largest absolute Gasteiger partial charge is 0.381 e. The summed E-state index contributed by atoms with van der Waals surface area (Å²) in [5, 5.41) is 0. The van der Waals surface area contributed by atoms with Gasteiger partial charge in [-0.15, -0.1) is 0 Å². The Morgan fingerprint density at radius 1 is 1.22 bits per heavy atom. The average Bonchev–Trinajstić information content (AvgIpc) is 1.87. The molecule has 1 N–H and O–H groups in total. The first-order valence-corrected chi connectivity index (χ1v) is 3.38. The molecule has 0 amide bonds. The van der Waals surface area contributed by atoms with Gasteiger partial charge in [-0.05, 0) is 12.8 Å². The van der Waals surface area contributed by atoms with Crippen molar-refractivity contribution in [3.63, 3.8) is 0 Å². The van der Waals surface area contributed by atoms with E-state index in [-0.39, 0.29) is 0 Å². The van der Waals surface area contributed by atoms with Gasteiger partial charge in [0.1, 0.15) is 0 Å². The summed E-state index contributed by atoms with van der Waals surface area (Å²) >= 11 is 0. The van der Waals surface area contributed by atoms with Gasteiger partial charge < -0.3 is 4.74 Å². The van der Waals surface area contributed by atoms with Crippen LogP contribution < -0.4 is 5.48 Å². The van der Waals surface area contributed by atoms with E-state index in [0.29, 0.717) is 5.54 Å². The van der Waals surface area contributed by atoms with Crippen molar-refractivity contribution in [2.45, 2.75) is 18.4 Å². The van der Waals surface area contributed by atoms with Crippen molar-refractivity contribution >= 4 is 0 Å². The second-order valence-electron chi connectivity index (χ2n) is 2.78.